The minimum absolute atomic E-state index is 0.365. The third-order valence-electron chi connectivity index (χ3n) is 4.29. The maximum absolute atomic E-state index is 6.09. The molecule has 1 aromatic heterocycles. The Kier molecular flexibility index (Phi) is 4.04. The van der Waals surface area contributed by atoms with E-state index in [0.717, 1.165) is 12.1 Å². The Balaban J connectivity index is 1.92. The van der Waals surface area contributed by atoms with E-state index >= 15 is 0 Å². The second-order valence-corrected chi connectivity index (χ2v) is 6.50. The molecule has 1 aliphatic carbocycles. The zero-order valence-electron chi connectivity index (χ0n) is 11.8. The summed E-state index contributed by atoms with van der Waals surface area (Å²) in [5.41, 5.74) is 7.09. The van der Waals surface area contributed by atoms with Gasteiger partial charge in [-0.1, -0.05) is 43.0 Å². The molecule has 1 saturated carbocycles. The van der Waals surface area contributed by atoms with Crippen molar-refractivity contribution >= 4 is 28.9 Å². The lowest BCUT2D eigenvalue weighted by Crippen LogP contribution is -2.15. The molecule has 1 aliphatic rings. The van der Waals surface area contributed by atoms with E-state index in [-0.39, 0.29) is 0 Å². The van der Waals surface area contributed by atoms with Crippen LogP contribution in [0.3, 0.4) is 0 Å². The Morgan fingerprint density at radius 2 is 2.14 bits per heavy atom. The summed E-state index contributed by atoms with van der Waals surface area (Å²) in [6.07, 6.45) is 3.79. The van der Waals surface area contributed by atoms with Gasteiger partial charge >= 0.3 is 0 Å². The predicted molar refractivity (Wildman–Crippen MR) is 84.2 cm³/mol. The van der Waals surface area contributed by atoms with Crippen LogP contribution < -0.4 is 5.73 Å². The van der Waals surface area contributed by atoms with Crippen LogP contribution in [-0.2, 0) is 6.54 Å². The van der Waals surface area contributed by atoms with Crippen LogP contribution in [0.1, 0.15) is 26.2 Å². The average molecular weight is 326 g/mol. The average Bonchev–Trinajstić information content (AvgIpc) is 3.06. The molecular weight excluding hydrogens is 309 g/mol. The van der Waals surface area contributed by atoms with Crippen molar-refractivity contribution in [3.05, 3.63) is 22.2 Å². The number of anilines is 1. The maximum atomic E-state index is 6.09. The van der Waals surface area contributed by atoms with E-state index in [9.17, 15) is 0 Å². The summed E-state index contributed by atoms with van der Waals surface area (Å²) in [7, 11) is 0. The second kappa shape index (κ2) is 5.81. The largest absolute Gasteiger partial charge is 0.397 e. The highest BCUT2D eigenvalue weighted by atomic mass is 35.5. The summed E-state index contributed by atoms with van der Waals surface area (Å²) < 4.78 is 1.84. The number of hydrogen-bond donors (Lipinski definition) is 1. The van der Waals surface area contributed by atoms with Gasteiger partial charge < -0.3 is 5.73 Å². The molecule has 2 atom stereocenters. The number of nitrogens with two attached hydrogens (primary N) is 1. The van der Waals surface area contributed by atoms with Gasteiger partial charge in [-0.25, -0.2) is 4.68 Å². The second-order valence-electron chi connectivity index (χ2n) is 5.71. The fourth-order valence-electron chi connectivity index (χ4n) is 2.99. The van der Waals surface area contributed by atoms with Gasteiger partial charge in [-0.15, -0.1) is 5.10 Å². The molecule has 1 fully saturated rings. The van der Waals surface area contributed by atoms with Crippen molar-refractivity contribution in [2.75, 3.05) is 5.73 Å². The number of halogens is 2. The Labute approximate surface area is 133 Å². The van der Waals surface area contributed by atoms with E-state index in [0.29, 0.717) is 33.4 Å². The molecule has 1 heterocycles. The molecule has 2 unspecified atom stereocenters. The van der Waals surface area contributed by atoms with Crippen molar-refractivity contribution in [3.63, 3.8) is 0 Å². The first-order valence-corrected chi connectivity index (χ1v) is 7.83. The molecule has 21 heavy (non-hydrogen) atoms. The van der Waals surface area contributed by atoms with Crippen molar-refractivity contribution < 1.29 is 0 Å². The number of benzene rings is 1. The van der Waals surface area contributed by atoms with Crippen LogP contribution in [0.5, 0.6) is 0 Å². The smallest absolute Gasteiger partial charge is 0.182 e. The van der Waals surface area contributed by atoms with Gasteiger partial charge in [-0.2, -0.15) is 0 Å². The zero-order chi connectivity index (χ0) is 15.0. The van der Waals surface area contributed by atoms with E-state index in [1.807, 2.05) is 4.68 Å². The molecule has 1 aromatic carbocycles. The van der Waals surface area contributed by atoms with Gasteiger partial charge in [0.15, 0.2) is 5.82 Å². The first kappa shape index (κ1) is 14.6. The molecule has 0 saturated heterocycles. The lowest BCUT2D eigenvalue weighted by atomic mass is 9.98. The highest BCUT2D eigenvalue weighted by molar-refractivity contribution is 6.43. The van der Waals surface area contributed by atoms with Crippen LogP contribution in [0.15, 0.2) is 12.1 Å². The van der Waals surface area contributed by atoms with Crippen LogP contribution in [0.2, 0.25) is 10.0 Å². The quantitative estimate of drug-likeness (QED) is 0.874. The fourth-order valence-corrected chi connectivity index (χ4v) is 3.33. The van der Waals surface area contributed by atoms with Crippen LogP contribution in [0, 0.1) is 11.8 Å². The van der Waals surface area contributed by atoms with Gasteiger partial charge in [0, 0.05) is 12.1 Å². The lowest BCUT2D eigenvalue weighted by molar-refractivity contribution is 0.346. The third kappa shape index (κ3) is 2.85. The van der Waals surface area contributed by atoms with Gasteiger partial charge in [0.2, 0.25) is 0 Å². The number of tetrazole rings is 1. The standard InChI is InChI=1S/C14H17Cl2N5/c1-8-3-2-4-9(8)7-21-14(18-19-20-21)10-5-11(15)13(16)12(17)6-10/h5-6,8-9H,2-4,7,17H2,1H3. The number of nitrogens with zero attached hydrogens (tertiary/aromatic N) is 4. The SMILES string of the molecule is CC1CCCC1Cn1nnnc1-c1cc(N)c(Cl)c(Cl)c1. The molecule has 0 aliphatic heterocycles. The molecule has 2 N–H and O–H groups in total. The Bertz CT molecular complexity index is 632. The monoisotopic (exact) mass is 325 g/mol. The summed E-state index contributed by atoms with van der Waals surface area (Å²) in [5.74, 6) is 2.01. The van der Waals surface area contributed by atoms with Gasteiger partial charge in [0.05, 0.1) is 15.7 Å². The summed E-state index contributed by atoms with van der Waals surface area (Å²) in [6, 6.07) is 3.51. The molecule has 3 rings (SSSR count). The number of nitrogen functional groups attached to an aromatic ring is 1. The van der Waals surface area contributed by atoms with Gasteiger partial charge in [-0.3, -0.25) is 0 Å². The van der Waals surface area contributed by atoms with E-state index in [1.54, 1.807) is 12.1 Å². The molecular formula is C14H17Cl2N5. The topological polar surface area (TPSA) is 69.6 Å². The maximum Gasteiger partial charge on any atom is 0.182 e. The summed E-state index contributed by atoms with van der Waals surface area (Å²) in [4.78, 5) is 0. The predicted octanol–water partition coefficient (Wildman–Crippen LogP) is 3.67. The third-order valence-corrected chi connectivity index (χ3v) is 5.11. The van der Waals surface area contributed by atoms with Crippen molar-refractivity contribution in [1.82, 2.24) is 20.2 Å². The molecule has 0 bridgehead atoms. The van der Waals surface area contributed by atoms with Crippen LogP contribution >= 0.6 is 23.2 Å². The Morgan fingerprint density at radius 3 is 2.81 bits per heavy atom. The highest BCUT2D eigenvalue weighted by Gasteiger charge is 2.25. The van der Waals surface area contributed by atoms with Crippen LogP contribution in [0.4, 0.5) is 5.69 Å². The molecule has 0 spiro atoms. The molecule has 0 radical (unpaired) electrons. The molecule has 0 amide bonds. The van der Waals surface area contributed by atoms with Gasteiger partial charge in [0.25, 0.3) is 0 Å². The summed E-state index contributed by atoms with van der Waals surface area (Å²) in [5, 5.41) is 12.8. The van der Waals surface area contributed by atoms with E-state index in [4.69, 9.17) is 28.9 Å². The first-order chi connectivity index (χ1) is 10.1. The minimum Gasteiger partial charge on any atom is -0.397 e. The van der Waals surface area contributed by atoms with E-state index < -0.39 is 0 Å². The Morgan fingerprint density at radius 1 is 1.33 bits per heavy atom. The number of aromatic nitrogens is 4. The molecule has 7 heteroatoms. The van der Waals surface area contributed by atoms with Gasteiger partial charge in [0.1, 0.15) is 0 Å². The highest BCUT2D eigenvalue weighted by Crippen LogP contribution is 2.35. The van der Waals surface area contributed by atoms with E-state index in [2.05, 4.69) is 22.4 Å². The van der Waals surface area contributed by atoms with Crippen molar-refractivity contribution in [2.45, 2.75) is 32.7 Å². The summed E-state index contributed by atoms with van der Waals surface area (Å²) in [6.45, 7) is 3.11. The van der Waals surface area contributed by atoms with E-state index in [1.165, 1.54) is 19.3 Å². The normalized spacial score (nSPS) is 21.9. The molecule has 5 nitrogen and oxygen atoms in total. The number of rotatable bonds is 3. The zero-order valence-corrected chi connectivity index (χ0v) is 13.3. The summed E-state index contributed by atoms with van der Waals surface area (Å²) >= 11 is 12.1. The lowest BCUT2D eigenvalue weighted by Gasteiger charge is -2.15. The van der Waals surface area contributed by atoms with Crippen molar-refractivity contribution in [1.29, 1.82) is 0 Å². The molecule has 2 aromatic rings. The van der Waals surface area contributed by atoms with Crippen LogP contribution in [0.25, 0.3) is 11.4 Å². The van der Waals surface area contributed by atoms with Crippen molar-refractivity contribution in [2.24, 2.45) is 11.8 Å². The Hall–Kier alpha value is -1.33. The van der Waals surface area contributed by atoms with Crippen LogP contribution in [-0.4, -0.2) is 20.2 Å². The van der Waals surface area contributed by atoms with Gasteiger partial charge in [-0.05, 0) is 40.8 Å². The number of hydrogen-bond acceptors (Lipinski definition) is 4. The van der Waals surface area contributed by atoms with Crippen molar-refractivity contribution in [3.8, 4) is 11.4 Å². The first-order valence-electron chi connectivity index (χ1n) is 7.07. The molecule has 112 valence electrons. The fraction of sp³-hybridized carbons (Fsp3) is 0.500. The minimum atomic E-state index is 0.365.